The second-order valence-electron chi connectivity index (χ2n) is 6.10. The van der Waals surface area contributed by atoms with Gasteiger partial charge in [0.25, 0.3) is 5.91 Å². The number of carbonyl (C=O) groups is 1. The Kier molecular flexibility index (Phi) is 4.13. The van der Waals surface area contributed by atoms with Crippen LogP contribution in [-0.4, -0.2) is 19.0 Å². The van der Waals surface area contributed by atoms with Crippen molar-refractivity contribution in [2.75, 3.05) is 18.4 Å². The lowest BCUT2D eigenvalue weighted by Gasteiger charge is -2.23. The van der Waals surface area contributed by atoms with Crippen LogP contribution in [0.5, 0.6) is 0 Å². The topological polar surface area (TPSA) is 41.1 Å². The van der Waals surface area contributed by atoms with Gasteiger partial charge in [0.15, 0.2) is 0 Å². The van der Waals surface area contributed by atoms with Crippen LogP contribution in [0.25, 0.3) is 0 Å². The first-order valence-electron chi connectivity index (χ1n) is 7.17. The van der Waals surface area contributed by atoms with E-state index in [0.717, 1.165) is 37.9 Å². The normalized spacial score (nSPS) is 14.5. The summed E-state index contributed by atoms with van der Waals surface area (Å²) in [5, 5.41) is 6.40. The number of hydrogen-bond donors (Lipinski definition) is 2. The van der Waals surface area contributed by atoms with Crippen LogP contribution in [0.3, 0.4) is 0 Å². The molecule has 1 aliphatic heterocycles. The smallest absolute Gasteiger partial charge is 0.251 e. The molecular weight excluding hydrogens is 236 g/mol. The fourth-order valence-corrected chi connectivity index (χ4v) is 2.16. The highest BCUT2D eigenvalue weighted by Crippen LogP contribution is 2.23. The van der Waals surface area contributed by atoms with Gasteiger partial charge < -0.3 is 10.6 Å². The summed E-state index contributed by atoms with van der Waals surface area (Å²) in [6.45, 7) is 8.24. The Labute approximate surface area is 115 Å². The molecule has 0 bridgehead atoms. The molecule has 1 heterocycles. The van der Waals surface area contributed by atoms with Crippen LogP contribution < -0.4 is 10.6 Å². The maximum Gasteiger partial charge on any atom is 0.251 e. The second-order valence-corrected chi connectivity index (χ2v) is 6.10. The molecule has 19 heavy (non-hydrogen) atoms. The number of nitrogens with one attached hydrogen (secondary N) is 2. The molecule has 1 aromatic rings. The van der Waals surface area contributed by atoms with Crippen molar-refractivity contribution in [3.63, 3.8) is 0 Å². The molecular formula is C16H24N2O. The number of hydrogen-bond acceptors (Lipinski definition) is 2. The Morgan fingerprint density at radius 3 is 2.95 bits per heavy atom. The molecule has 0 spiro atoms. The highest BCUT2D eigenvalue weighted by molar-refractivity contribution is 5.95. The highest BCUT2D eigenvalue weighted by Gasteiger charge is 2.17. The van der Waals surface area contributed by atoms with Crippen molar-refractivity contribution in [1.29, 1.82) is 0 Å². The third kappa shape index (κ3) is 3.49. The minimum absolute atomic E-state index is 0.0369. The molecule has 0 radical (unpaired) electrons. The Hall–Kier alpha value is -1.51. The summed E-state index contributed by atoms with van der Waals surface area (Å²) in [5.41, 5.74) is 3.37. The minimum atomic E-state index is 0.0369. The van der Waals surface area contributed by atoms with Gasteiger partial charge in [-0.2, -0.15) is 0 Å². The summed E-state index contributed by atoms with van der Waals surface area (Å²) in [7, 11) is 0. The maximum atomic E-state index is 12.2. The van der Waals surface area contributed by atoms with Crippen molar-refractivity contribution in [2.24, 2.45) is 5.41 Å². The van der Waals surface area contributed by atoms with E-state index in [-0.39, 0.29) is 11.3 Å². The molecule has 0 saturated carbocycles. The van der Waals surface area contributed by atoms with Gasteiger partial charge in [-0.05, 0) is 48.4 Å². The zero-order chi connectivity index (χ0) is 13.9. The summed E-state index contributed by atoms with van der Waals surface area (Å²) in [6.07, 6.45) is 3.26. The highest BCUT2D eigenvalue weighted by atomic mass is 16.1. The third-order valence-electron chi connectivity index (χ3n) is 3.99. The standard InChI is InChI=1S/C16H24N2O/c1-4-16(2,3)11-18-15(19)13-7-8-14-12(10-13)6-5-9-17-14/h7-8,10,17H,4-6,9,11H2,1-3H3,(H,18,19). The Balaban J connectivity index is 2.03. The van der Waals surface area contributed by atoms with Gasteiger partial charge in [0, 0.05) is 24.3 Å². The van der Waals surface area contributed by atoms with E-state index in [2.05, 4.69) is 31.4 Å². The molecule has 1 amide bonds. The van der Waals surface area contributed by atoms with Gasteiger partial charge in [-0.15, -0.1) is 0 Å². The Bertz CT molecular complexity index is 466. The third-order valence-corrected chi connectivity index (χ3v) is 3.99. The van der Waals surface area contributed by atoms with E-state index >= 15 is 0 Å². The fraction of sp³-hybridized carbons (Fsp3) is 0.562. The average molecular weight is 260 g/mol. The molecule has 1 aliphatic rings. The minimum Gasteiger partial charge on any atom is -0.385 e. The van der Waals surface area contributed by atoms with E-state index in [1.165, 1.54) is 11.3 Å². The van der Waals surface area contributed by atoms with E-state index in [9.17, 15) is 4.79 Å². The van der Waals surface area contributed by atoms with Gasteiger partial charge in [0.2, 0.25) is 0 Å². The zero-order valence-corrected chi connectivity index (χ0v) is 12.2. The molecule has 3 heteroatoms. The number of amides is 1. The summed E-state index contributed by atoms with van der Waals surface area (Å²) < 4.78 is 0. The predicted octanol–water partition coefficient (Wildman–Crippen LogP) is 3.21. The molecule has 0 unspecified atom stereocenters. The first-order chi connectivity index (χ1) is 9.02. The van der Waals surface area contributed by atoms with Crippen LogP contribution in [0, 0.1) is 5.41 Å². The van der Waals surface area contributed by atoms with E-state index in [1.54, 1.807) is 0 Å². The molecule has 104 valence electrons. The van der Waals surface area contributed by atoms with Crippen LogP contribution >= 0.6 is 0 Å². The van der Waals surface area contributed by atoms with Gasteiger partial charge in [0.1, 0.15) is 0 Å². The van der Waals surface area contributed by atoms with Crippen molar-refractivity contribution < 1.29 is 4.79 Å². The summed E-state index contributed by atoms with van der Waals surface area (Å²) in [6, 6.07) is 5.95. The van der Waals surface area contributed by atoms with Crippen molar-refractivity contribution in [3.05, 3.63) is 29.3 Å². The number of fused-ring (bicyclic) bond motifs is 1. The molecule has 2 N–H and O–H groups in total. The molecule has 0 aromatic heterocycles. The van der Waals surface area contributed by atoms with Gasteiger partial charge in [-0.25, -0.2) is 0 Å². The molecule has 2 rings (SSSR count). The van der Waals surface area contributed by atoms with Gasteiger partial charge in [0.05, 0.1) is 0 Å². The second kappa shape index (κ2) is 5.64. The van der Waals surface area contributed by atoms with Gasteiger partial charge in [-0.1, -0.05) is 20.8 Å². The first-order valence-corrected chi connectivity index (χ1v) is 7.17. The lowest BCUT2D eigenvalue weighted by molar-refractivity contribution is 0.0935. The first kappa shape index (κ1) is 13.9. The molecule has 0 saturated heterocycles. The zero-order valence-electron chi connectivity index (χ0n) is 12.2. The number of anilines is 1. The quantitative estimate of drug-likeness (QED) is 0.872. The van der Waals surface area contributed by atoms with Crippen molar-refractivity contribution in [1.82, 2.24) is 5.32 Å². The lowest BCUT2D eigenvalue weighted by Crippen LogP contribution is -2.33. The summed E-state index contributed by atoms with van der Waals surface area (Å²) in [4.78, 5) is 12.2. The summed E-state index contributed by atoms with van der Waals surface area (Å²) in [5.74, 6) is 0.0369. The number of aryl methyl sites for hydroxylation is 1. The van der Waals surface area contributed by atoms with Crippen LogP contribution in [0.2, 0.25) is 0 Å². The summed E-state index contributed by atoms with van der Waals surface area (Å²) >= 11 is 0. The molecule has 0 atom stereocenters. The van der Waals surface area contributed by atoms with Crippen molar-refractivity contribution in [3.8, 4) is 0 Å². The predicted molar refractivity (Wildman–Crippen MR) is 79.7 cm³/mol. The fourth-order valence-electron chi connectivity index (χ4n) is 2.16. The SMILES string of the molecule is CCC(C)(C)CNC(=O)c1ccc2c(c1)CCCN2. The monoisotopic (exact) mass is 260 g/mol. The lowest BCUT2D eigenvalue weighted by atomic mass is 9.90. The number of benzene rings is 1. The number of rotatable bonds is 4. The van der Waals surface area contributed by atoms with Gasteiger partial charge in [-0.3, -0.25) is 4.79 Å². The molecule has 3 nitrogen and oxygen atoms in total. The number of carbonyl (C=O) groups excluding carboxylic acids is 1. The molecule has 1 aromatic carbocycles. The van der Waals surface area contributed by atoms with Crippen molar-refractivity contribution >= 4 is 11.6 Å². The Morgan fingerprint density at radius 1 is 1.42 bits per heavy atom. The van der Waals surface area contributed by atoms with Crippen LogP contribution in [0.15, 0.2) is 18.2 Å². The van der Waals surface area contributed by atoms with E-state index in [0.29, 0.717) is 0 Å². The largest absolute Gasteiger partial charge is 0.385 e. The maximum absolute atomic E-state index is 12.2. The molecule has 0 aliphatic carbocycles. The van der Waals surface area contributed by atoms with Crippen LogP contribution in [-0.2, 0) is 6.42 Å². The van der Waals surface area contributed by atoms with Gasteiger partial charge >= 0.3 is 0 Å². The van der Waals surface area contributed by atoms with E-state index < -0.39 is 0 Å². The Morgan fingerprint density at radius 2 is 2.21 bits per heavy atom. The van der Waals surface area contributed by atoms with Crippen molar-refractivity contribution in [2.45, 2.75) is 40.0 Å². The van der Waals surface area contributed by atoms with Crippen LogP contribution in [0.1, 0.15) is 49.5 Å². The van der Waals surface area contributed by atoms with E-state index in [4.69, 9.17) is 0 Å². The average Bonchev–Trinajstić information content (AvgIpc) is 2.44. The van der Waals surface area contributed by atoms with Crippen LogP contribution in [0.4, 0.5) is 5.69 Å². The van der Waals surface area contributed by atoms with E-state index in [1.807, 2.05) is 18.2 Å². The molecule has 0 fully saturated rings.